The first-order valence-electron chi connectivity index (χ1n) is 7.37. The number of benzene rings is 1. The molecule has 0 saturated carbocycles. The van der Waals surface area contributed by atoms with E-state index < -0.39 is 0 Å². The molecule has 0 aliphatic carbocycles. The maximum absolute atomic E-state index is 5.94. The summed E-state index contributed by atoms with van der Waals surface area (Å²) in [5.41, 5.74) is 0.869. The quantitative estimate of drug-likeness (QED) is 0.864. The molecule has 1 aromatic carbocycles. The summed E-state index contributed by atoms with van der Waals surface area (Å²) in [6, 6.07) is 6.29. The maximum Gasteiger partial charge on any atom is 0.316 e. The van der Waals surface area contributed by atoms with Gasteiger partial charge in [-0.2, -0.15) is 4.98 Å². The van der Waals surface area contributed by atoms with Crippen molar-refractivity contribution in [3.63, 3.8) is 0 Å². The van der Waals surface area contributed by atoms with Crippen LogP contribution in [0, 0.1) is 5.92 Å². The van der Waals surface area contributed by atoms with E-state index in [1.165, 1.54) is 25.9 Å². The number of piperidine rings is 1. The van der Waals surface area contributed by atoms with E-state index in [1.807, 2.05) is 18.2 Å². The van der Waals surface area contributed by atoms with E-state index in [0.717, 1.165) is 23.3 Å². The van der Waals surface area contributed by atoms with E-state index in [2.05, 4.69) is 21.9 Å². The van der Waals surface area contributed by atoms with Crippen LogP contribution >= 0.6 is 0 Å². The molecule has 1 aliphatic rings. The van der Waals surface area contributed by atoms with Gasteiger partial charge in [-0.25, -0.2) is 4.98 Å². The van der Waals surface area contributed by atoms with Gasteiger partial charge in [0.2, 0.25) is 0 Å². The van der Waals surface area contributed by atoms with Crippen molar-refractivity contribution >= 4 is 10.9 Å². The molecule has 0 N–H and O–H groups in total. The van der Waals surface area contributed by atoms with Crippen LogP contribution in [0.3, 0.4) is 0 Å². The zero-order chi connectivity index (χ0) is 14.7. The summed E-state index contributed by atoms with van der Waals surface area (Å²) in [7, 11) is 3.74. The Bertz CT molecular complexity index is 609. The van der Waals surface area contributed by atoms with E-state index in [0.29, 0.717) is 11.9 Å². The normalized spacial score (nSPS) is 17.0. The molecule has 0 radical (unpaired) electrons. The van der Waals surface area contributed by atoms with Crippen LogP contribution in [0.1, 0.15) is 12.8 Å². The van der Waals surface area contributed by atoms with Crippen molar-refractivity contribution in [3.8, 4) is 11.8 Å². The van der Waals surface area contributed by atoms with E-state index in [9.17, 15) is 0 Å². The number of likely N-dealkylation sites (tertiary alicyclic amines) is 1. The van der Waals surface area contributed by atoms with Crippen molar-refractivity contribution in [2.24, 2.45) is 5.92 Å². The Morgan fingerprint density at radius 3 is 2.86 bits per heavy atom. The molecule has 1 fully saturated rings. The summed E-state index contributed by atoms with van der Waals surface area (Å²) in [5.74, 6) is 1.54. The molecule has 21 heavy (non-hydrogen) atoms. The monoisotopic (exact) mass is 287 g/mol. The van der Waals surface area contributed by atoms with Gasteiger partial charge in [0.25, 0.3) is 0 Å². The summed E-state index contributed by atoms with van der Waals surface area (Å²) >= 11 is 0. The Labute approximate surface area is 124 Å². The minimum atomic E-state index is 0.391. The second-order valence-electron chi connectivity index (χ2n) is 5.63. The second kappa shape index (κ2) is 6.26. The lowest BCUT2D eigenvalue weighted by Gasteiger charge is -2.28. The number of methoxy groups -OCH3 is 1. The largest absolute Gasteiger partial charge is 0.493 e. The minimum absolute atomic E-state index is 0.391. The molecule has 0 bridgehead atoms. The van der Waals surface area contributed by atoms with Crippen molar-refractivity contribution in [3.05, 3.63) is 24.4 Å². The van der Waals surface area contributed by atoms with Gasteiger partial charge in [-0.05, 0) is 57.1 Å². The molecule has 112 valence electrons. The van der Waals surface area contributed by atoms with Crippen molar-refractivity contribution in [1.29, 1.82) is 0 Å². The molecule has 1 aromatic heterocycles. The summed E-state index contributed by atoms with van der Waals surface area (Å²) in [6.45, 7) is 3.12. The van der Waals surface area contributed by atoms with Gasteiger partial charge in [-0.1, -0.05) is 0 Å². The topological polar surface area (TPSA) is 47.5 Å². The summed E-state index contributed by atoms with van der Waals surface area (Å²) in [5, 5.41) is 0.969. The zero-order valence-corrected chi connectivity index (χ0v) is 12.6. The molecule has 2 heterocycles. The van der Waals surface area contributed by atoms with Crippen LogP contribution in [0.5, 0.6) is 11.8 Å². The third kappa shape index (κ3) is 3.42. The van der Waals surface area contributed by atoms with Crippen LogP contribution in [0.2, 0.25) is 0 Å². The highest BCUT2D eigenvalue weighted by Crippen LogP contribution is 2.22. The number of rotatable bonds is 4. The van der Waals surface area contributed by atoms with Crippen LogP contribution in [0.15, 0.2) is 24.4 Å². The molecule has 0 spiro atoms. The summed E-state index contributed by atoms with van der Waals surface area (Å²) < 4.78 is 11.0. The van der Waals surface area contributed by atoms with Crippen molar-refractivity contribution in [1.82, 2.24) is 14.9 Å². The standard InChI is InChI=1S/C16H21N3O2/c1-19-7-5-12(6-8-19)11-21-14-3-4-15-13(9-14)10-17-16(18-15)20-2/h3-4,9-10,12H,5-8,11H2,1-2H3. The molecule has 0 amide bonds. The maximum atomic E-state index is 5.94. The molecule has 2 aromatic rings. The lowest BCUT2D eigenvalue weighted by atomic mass is 9.98. The van der Waals surface area contributed by atoms with Gasteiger partial charge >= 0.3 is 6.01 Å². The van der Waals surface area contributed by atoms with Gasteiger partial charge in [0.05, 0.1) is 19.2 Å². The van der Waals surface area contributed by atoms with E-state index >= 15 is 0 Å². The fourth-order valence-corrected chi connectivity index (χ4v) is 2.63. The predicted octanol–water partition coefficient (Wildman–Crippen LogP) is 2.36. The third-order valence-electron chi connectivity index (χ3n) is 4.04. The third-order valence-corrected chi connectivity index (χ3v) is 4.04. The number of ether oxygens (including phenoxy) is 2. The van der Waals surface area contributed by atoms with E-state index in [1.54, 1.807) is 13.3 Å². The van der Waals surface area contributed by atoms with Crippen LogP contribution in [0.4, 0.5) is 0 Å². The number of aromatic nitrogens is 2. The first-order chi connectivity index (χ1) is 10.2. The molecular formula is C16H21N3O2. The Kier molecular flexibility index (Phi) is 4.20. The molecule has 1 saturated heterocycles. The first kappa shape index (κ1) is 14.1. The Morgan fingerprint density at radius 2 is 2.10 bits per heavy atom. The van der Waals surface area contributed by atoms with Gasteiger partial charge < -0.3 is 14.4 Å². The Hall–Kier alpha value is -1.88. The van der Waals surface area contributed by atoms with Crippen LogP contribution < -0.4 is 9.47 Å². The average Bonchev–Trinajstić information content (AvgIpc) is 2.53. The van der Waals surface area contributed by atoms with Crippen molar-refractivity contribution in [2.75, 3.05) is 33.9 Å². The molecule has 0 atom stereocenters. The van der Waals surface area contributed by atoms with E-state index in [4.69, 9.17) is 9.47 Å². The minimum Gasteiger partial charge on any atom is -0.493 e. The molecule has 3 rings (SSSR count). The highest BCUT2D eigenvalue weighted by atomic mass is 16.5. The predicted molar refractivity (Wildman–Crippen MR) is 81.8 cm³/mol. The highest BCUT2D eigenvalue weighted by molar-refractivity contribution is 5.79. The van der Waals surface area contributed by atoms with Gasteiger partial charge in [0.15, 0.2) is 0 Å². The van der Waals surface area contributed by atoms with Gasteiger partial charge in [-0.15, -0.1) is 0 Å². The summed E-state index contributed by atoms with van der Waals surface area (Å²) in [6.07, 6.45) is 4.19. The molecule has 1 aliphatic heterocycles. The lowest BCUT2D eigenvalue weighted by molar-refractivity contribution is 0.160. The fraction of sp³-hybridized carbons (Fsp3) is 0.500. The second-order valence-corrected chi connectivity index (χ2v) is 5.63. The number of hydrogen-bond donors (Lipinski definition) is 0. The fourth-order valence-electron chi connectivity index (χ4n) is 2.63. The Morgan fingerprint density at radius 1 is 1.29 bits per heavy atom. The van der Waals surface area contributed by atoms with Crippen LogP contribution in [0.25, 0.3) is 10.9 Å². The van der Waals surface area contributed by atoms with E-state index in [-0.39, 0.29) is 0 Å². The number of fused-ring (bicyclic) bond motifs is 1. The number of nitrogens with zero attached hydrogens (tertiary/aromatic N) is 3. The SMILES string of the molecule is COc1ncc2cc(OCC3CCN(C)CC3)ccc2n1. The first-order valence-corrected chi connectivity index (χ1v) is 7.37. The van der Waals surface area contributed by atoms with Crippen molar-refractivity contribution < 1.29 is 9.47 Å². The zero-order valence-electron chi connectivity index (χ0n) is 12.6. The smallest absolute Gasteiger partial charge is 0.316 e. The van der Waals surface area contributed by atoms with Gasteiger partial charge in [0, 0.05) is 11.6 Å². The molecule has 0 unspecified atom stereocenters. The molecular weight excluding hydrogens is 266 g/mol. The van der Waals surface area contributed by atoms with Gasteiger partial charge in [-0.3, -0.25) is 0 Å². The summed E-state index contributed by atoms with van der Waals surface area (Å²) in [4.78, 5) is 10.8. The van der Waals surface area contributed by atoms with Crippen LogP contribution in [-0.4, -0.2) is 48.7 Å². The average molecular weight is 287 g/mol. The Balaban J connectivity index is 1.64. The molecule has 5 nitrogen and oxygen atoms in total. The van der Waals surface area contributed by atoms with Crippen molar-refractivity contribution in [2.45, 2.75) is 12.8 Å². The number of hydrogen-bond acceptors (Lipinski definition) is 5. The van der Waals surface area contributed by atoms with Crippen LogP contribution in [-0.2, 0) is 0 Å². The highest BCUT2D eigenvalue weighted by Gasteiger charge is 2.17. The molecule has 5 heteroatoms. The van der Waals surface area contributed by atoms with Gasteiger partial charge in [0.1, 0.15) is 5.75 Å². The lowest BCUT2D eigenvalue weighted by Crippen LogP contribution is -2.32.